The van der Waals surface area contributed by atoms with Crippen LogP contribution in [0.25, 0.3) is 11.1 Å². The average molecular weight is 190 g/mol. The van der Waals surface area contributed by atoms with Gasteiger partial charge in [0.05, 0.1) is 2.74 Å². The van der Waals surface area contributed by atoms with Gasteiger partial charge in [-0.2, -0.15) is 0 Å². The number of aromatic nitrogens is 1. The van der Waals surface area contributed by atoms with Gasteiger partial charge in [0.1, 0.15) is 5.82 Å². The number of hydrogen-bond donors (Lipinski definition) is 2. The van der Waals surface area contributed by atoms with Gasteiger partial charge in [0.25, 0.3) is 0 Å². The van der Waals surface area contributed by atoms with Crippen LogP contribution in [0.5, 0.6) is 0 Å². The fraction of sp³-hybridized carbons (Fsp3) is 0. The Hall–Kier alpha value is -2.03. The van der Waals surface area contributed by atoms with Crippen LogP contribution in [0, 0.1) is 0 Å². The van der Waals surface area contributed by atoms with Crippen molar-refractivity contribution in [2.75, 3.05) is 11.4 Å². The molecule has 0 aliphatic heterocycles. The molecule has 2 aromatic rings. The van der Waals surface area contributed by atoms with Crippen LogP contribution in [0.3, 0.4) is 0 Å². The van der Waals surface area contributed by atoms with Crippen LogP contribution in [0.15, 0.2) is 42.5 Å². The van der Waals surface area contributed by atoms with Crippen LogP contribution in [-0.2, 0) is 0 Å². The van der Waals surface area contributed by atoms with Crippen molar-refractivity contribution in [3.8, 4) is 11.1 Å². The standard InChI is InChI=1S/C11H11N3/c12-9-6-7-14-11(13)10(9)8-4-2-1-3-5-8/h1-7H,(H4,12,13,14)/i6D,7D/hD3. The van der Waals surface area contributed by atoms with Gasteiger partial charge >= 0.3 is 0 Å². The van der Waals surface area contributed by atoms with Gasteiger partial charge in [0, 0.05) is 17.4 Å². The quantitative estimate of drug-likeness (QED) is 0.777. The second-order valence-electron chi connectivity index (χ2n) is 2.79. The maximum absolute atomic E-state index is 7.75. The molecule has 14 heavy (non-hydrogen) atoms. The summed E-state index contributed by atoms with van der Waals surface area (Å²) in [5, 5.41) is 0. The third kappa shape index (κ3) is 1.40. The van der Waals surface area contributed by atoms with E-state index in [-0.39, 0.29) is 29.4 Å². The van der Waals surface area contributed by atoms with E-state index in [1.165, 1.54) is 0 Å². The summed E-state index contributed by atoms with van der Waals surface area (Å²) in [6, 6.07) is 8.57. The molecule has 3 nitrogen and oxygen atoms in total. The Bertz CT molecular complexity index is 589. The topological polar surface area (TPSA) is 64.9 Å². The first-order chi connectivity index (χ1) is 9.06. The first kappa shape index (κ1) is 4.46. The fourth-order valence-electron chi connectivity index (χ4n) is 1.25. The molecule has 0 fully saturated rings. The lowest BCUT2D eigenvalue weighted by molar-refractivity contribution is 1.34. The Kier molecular flexibility index (Phi) is 1.08. The zero-order valence-corrected chi connectivity index (χ0v) is 7.28. The minimum Gasteiger partial charge on any atom is -0.398 e. The molecule has 70 valence electrons. The number of anilines is 2. The van der Waals surface area contributed by atoms with Crippen LogP contribution >= 0.6 is 0 Å². The van der Waals surface area contributed by atoms with E-state index in [1.807, 2.05) is 6.07 Å². The van der Waals surface area contributed by atoms with Gasteiger partial charge in [-0.15, -0.1) is 0 Å². The van der Waals surface area contributed by atoms with E-state index in [1.54, 1.807) is 24.3 Å². The maximum atomic E-state index is 7.75. The summed E-state index contributed by atoms with van der Waals surface area (Å²) >= 11 is 0. The van der Waals surface area contributed by atoms with Crippen molar-refractivity contribution < 1.29 is 6.98 Å². The molecular weight excluding hydrogens is 174 g/mol. The Morgan fingerprint density at radius 2 is 2.14 bits per heavy atom. The smallest absolute Gasteiger partial charge is 0.158 e. The number of nitrogen functional groups attached to an aromatic ring is 2. The predicted octanol–water partition coefficient (Wildman–Crippen LogP) is 1.91. The highest BCUT2D eigenvalue weighted by Crippen LogP contribution is 2.29. The highest BCUT2D eigenvalue weighted by Gasteiger charge is 2.06. The molecule has 0 radical (unpaired) electrons. The second-order valence-corrected chi connectivity index (χ2v) is 2.79. The fourth-order valence-corrected chi connectivity index (χ4v) is 1.25. The number of pyridine rings is 1. The lowest BCUT2D eigenvalue weighted by Gasteiger charge is -2.07. The largest absolute Gasteiger partial charge is 0.398 e. The molecule has 0 spiro atoms. The Morgan fingerprint density at radius 3 is 2.86 bits per heavy atom. The Morgan fingerprint density at radius 1 is 1.29 bits per heavy atom. The van der Waals surface area contributed by atoms with Crippen molar-refractivity contribution in [1.82, 2.24) is 4.98 Å². The molecule has 0 saturated heterocycles. The molecule has 0 amide bonds. The summed E-state index contributed by atoms with van der Waals surface area (Å²) in [6.07, 6.45) is -0.381. The van der Waals surface area contributed by atoms with Gasteiger partial charge in [-0.25, -0.2) is 4.98 Å². The number of hydrogen-bond acceptors (Lipinski definition) is 3. The molecule has 3 heteroatoms. The molecule has 1 aromatic heterocycles. The van der Waals surface area contributed by atoms with E-state index < -0.39 is 0 Å². The molecule has 2 rings (SSSR count). The van der Waals surface area contributed by atoms with Crippen molar-refractivity contribution >= 4 is 11.5 Å². The monoisotopic (exact) mass is 190 g/mol. The van der Waals surface area contributed by atoms with Crippen molar-refractivity contribution in [2.24, 2.45) is 0 Å². The highest BCUT2D eigenvalue weighted by atomic mass is 14.8. The molecule has 4 N–H and O–H groups in total. The number of rotatable bonds is 3. The summed E-state index contributed by atoms with van der Waals surface area (Å²) in [4.78, 5) is 3.76. The zero-order valence-electron chi connectivity index (χ0n) is 12.3. The summed E-state index contributed by atoms with van der Waals surface area (Å²) in [5.41, 5.74) is 3.36. The van der Waals surface area contributed by atoms with Gasteiger partial charge in [0.15, 0.2) is 4.24 Å². The molecular formula is C11H11N3. The number of nitrogens with two attached hydrogens (primary N) is 2. The summed E-state index contributed by atoms with van der Waals surface area (Å²) < 4.78 is 37.3. The highest BCUT2D eigenvalue weighted by molar-refractivity contribution is 5.84. The summed E-state index contributed by atoms with van der Waals surface area (Å²) in [6.45, 7) is 0. The number of nitrogens with zero attached hydrogens (tertiary/aromatic N) is 1. The number of benzene rings is 1. The van der Waals surface area contributed by atoms with E-state index in [0.29, 0.717) is 11.1 Å². The van der Waals surface area contributed by atoms with Crippen molar-refractivity contribution in [3.05, 3.63) is 42.5 Å². The predicted molar refractivity (Wildman–Crippen MR) is 58.5 cm³/mol. The lowest BCUT2D eigenvalue weighted by atomic mass is 10.1. The Labute approximate surface area is 89.6 Å². The van der Waals surface area contributed by atoms with Crippen molar-refractivity contribution in [3.63, 3.8) is 0 Å². The molecule has 0 unspecified atom stereocenters. The van der Waals surface area contributed by atoms with E-state index in [2.05, 4.69) is 10.7 Å². The molecule has 0 aliphatic rings. The molecule has 0 saturated carbocycles. The zero-order chi connectivity index (χ0) is 14.0. The molecule has 1 heterocycles. The van der Waals surface area contributed by atoms with Crippen LogP contribution in [0.4, 0.5) is 11.5 Å². The van der Waals surface area contributed by atoms with Gasteiger partial charge in [-0.1, -0.05) is 30.3 Å². The van der Waals surface area contributed by atoms with E-state index >= 15 is 0 Å². The SMILES string of the molecule is [2H]Nc1c([2H])c([2H])nc(N([2H])[2H])c1-c1ccccc1. The van der Waals surface area contributed by atoms with Crippen LogP contribution in [-0.4, -0.2) is 4.98 Å². The summed E-state index contributed by atoms with van der Waals surface area (Å²) in [7, 11) is 0. The lowest BCUT2D eigenvalue weighted by Crippen LogP contribution is -1.98. The minimum absolute atomic E-state index is 0.0608. The molecule has 0 atom stereocenters. The van der Waals surface area contributed by atoms with Gasteiger partial charge < -0.3 is 11.4 Å². The maximum Gasteiger partial charge on any atom is 0.158 e. The minimum atomic E-state index is -0.381. The molecule has 0 bridgehead atoms. The van der Waals surface area contributed by atoms with Gasteiger partial charge in [-0.3, -0.25) is 0 Å². The van der Waals surface area contributed by atoms with Crippen molar-refractivity contribution in [2.45, 2.75) is 0 Å². The van der Waals surface area contributed by atoms with Gasteiger partial charge in [-0.05, 0) is 11.6 Å². The third-order valence-electron chi connectivity index (χ3n) is 1.88. The van der Waals surface area contributed by atoms with Crippen molar-refractivity contribution in [1.29, 1.82) is 0 Å². The first-order valence-corrected chi connectivity index (χ1v) is 4.08. The second kappa shape index (κ2) is 3.38. The van der Waals surface area contributed by atoms with E-state index in [9.17, 15) is 0 Å². The molecule has 0 aliphatic carbocycles. The van der Waals surface area contributed by atoms with Crippen LogP contribution in [0.2, 0.25) is 4.24 Å². The summed E-state index contributed by atoms with van der Waals surface area (Å²) in [5.74, 6) is -0.0954. The molecule has 1 aromatic carbocycles. The van der Waals surface area contributed by atoms with Gasteiger partial charge in [0.2, 0.25) is 0 Å². The Balaban J connectivity index is 2.79. The normalized spacial score (nSPS) is 14.4. The average Bonchev–Trinajstić information content (AvgIpc) is 2.41. The van der Waals surface area contributed by atoms with E-state index in [0.717, 1.165) is 0 Å². The van der Waals surface area contributed by atoms with E-state index in [4.69, 9.17) is 6.98 Å². The van der Waals surface area contributed by atoms with Crippen LogP contribution < -0.4 is 11.4 Å². The van der Waals surface area contributed by atoms with Crippen LogP contribution in [0.1, 0.15) is 2.74 Å². The first-order valence-electron chi connectivity index (χ1n) is 6.48. The third-order valence-corrected chi connectivity index (χ3v) is 1.88.